The van der Waals surface area contributed by atoms with Crippen LogP contribution in [0.1, 0.15) is 0 Å². The van der Waals surface area contributed by atoms with Crippen LogP contribution in [0.4, 0.5) is 11.4 Å². The quantitative estimate of drug-likeness (QED) is 0.859. The van der Waals surface area contributed by atoms with Crippen LogP contribution in [0.25, 0.3) is 0 Å². The van der Waals surface area contributed by atoms with Crippen LogP contribution in [0.3, 0.4) is 0 Å². The minimum Gasteiger partial charge on any atom is -0.506 e. The Morgan fingerprint density at radius 1 is 0.619 bits per heavy atom. The molecule has 112 valence electrons. The normalized spacial score (nSPS) is 8.95. The zero-order valence-electron chi connectivity index (χ0n) is 12.9. The van der Waals surface area contributed by atoms with Crippen molar-refractivity contribution in [2.75, 3.05) is 38.0 Å². The molecule has 2 rings (SSSR count). The predicted octanol–water partition coefficient (Wildman–Crippen LogP) is 2.91. The molecular weight excluding hydrogens is 343 g/mol. The molecule has 0 aliphatic heterocycles. The third kappa shape index (κ3) is 6.22. The molecule has 2 aromatic carbocycles. The molecule has 0 heterocycles. The van der Waals surface area contributed by atoms with Gasteiger partial charge in [0, 0.05) is 54.4 Å². The number of hydrogen-bond acceptors (Lipinski definition) is 4. The van der Waals surface area contributed by atoms with E-state index in [0.717, 1.165) is 11.4 Å². The van der Waals surface area contributed by atoms with E-state index in [1.165, 1.54) is 0 Å². The summed E-state index contributed by atoms with van der Waals surface area (Å²) in [7, 11) is 7.59. The monoisotopic (exact) mass is 364 g/mol. The number of phenols is 2. The third-order valence-electron chi connectivity index (χ3n) is 2.73. The Morgan fingerprint density at radius 3 is 1.10 bits per heavy atom. The standard InChI is InChI=1S/2C8H11NO.Zr/c2*1-9(2)7-5-3-4-6-8(7)10;/h2*3-6,10H,1-2H3;. The number of anilines is 2. The van der Waals surface area contributed by atoms with Gasteiger partial charge in [0.05, 0.1) is 11.4 Å². The smallest absolute Gasteiger partial charge is 0.138 e. The molecule has 0 spiro atoms. The molecule has 0 unspecified atom stereocenters. The minimum atomic E-state index is 0. The van der Waals surface area contributed by atoms with Gasteiger partial charge in [-0.3, -0.25) is 0 Å². The number of aromatic hydroxyl groups is 2. The van der Waals surface area contributed by atoms with Crippen LogP contribution in [0.15, 0.2) is 48.5 Å². The third-order valence-corrected chi connectivity index (χ3v) is 2.73. The molecule has 0 fully saturated rings. The van der Waals surface area contributed by atoms with Crippen LogP contribution in [-0.4, -0.2) is 38.4 Å². The van der Waals surface area contributed by atoms with Crippen molar-refractivity contribution in [2.45, 2.75) is 0 Å². The Kier molecular flexibility index (Phi) is 8.79. The predicted molar refractivity (Wildman–Crippen MR) is 84.9 cm³/mol. The van der Waals surface area contributed by atoms with E-state index in [4.69, 9.17) is 0 Å². The summed E-state index contributed by atoms with van der Waals surface area (Å²) in [5.41, 5.74) is 1.70. The SMILES string of the molecule is CN(C)c1ccccc1O.CN(C)c1ccccc1O.[Zr]. The molecule has 0 aromatic heterocycles. The summed E-state index contributed by atoms with van der Waals surface area (Å²) >= 11 is 0. The second-order valence-electron chi connectivity index (χ2n) is 4.77. The zero-order chi connectivity index (χ0) is 15.1. The topological polar surface area (TPSA) is 46.9 Å². The number of nitrogens with zero attached hydrogens (tertiary/aromatic N) is 2. The van der Waals surface area contributed by atoms with Gasteiger partial charge >= 0.3 is 0 Å². The van der Waals surface area contributed by atoms with Crippen molar-refractivity contribution in [3.63, 3.8) is 0 Å². The molecule has 0 saturated carbocycles. The van der Waals surface area contributed by atoms with Gasteiger partial charge in [-0.15, -0.1) is 0 Å². The first-order valence-electron chi connectivity index (χ1n) is 6.34. The van der Waals surface area contributed by atoms with Crippen molar-refractivity contribution in [1.82, 2.24) is 0 Å². The van der Waals surface area contributed by atoms with Crippen LogP contribution in [0.5, 0.6) is 11.5 Å². The second-order valence-corrected chi connectivity index (χ2v) is 4.77. The molecule has 0 saturated heterocycles. The number of para-hydroxylation sites is 4. The number of rotatable bonds is 2. The molecule has 4 nitrogen and oxygen atoms in total. The van der Waals surface area contributed by atoms with Crippen molar-refractivity contribution >= 4 is 11.4 Å². The summed E-state index contributed by atoms with van der Waals surface area (Å²) in [6.45, 7) is 0. The van der Waals surface area contributed by atoms with Crippen LogP contribution < -0.4 is 9.80 Å². The molecule has 0 bridgehead atoms. The average Bonchev–Trinajstić information content (AvgIpc) is 2.40. The summed E-state index contributed by atoms with van der Waals surface area (Å²) in [5, 5.41) is 18.5. The van der Waals surface area contributed by atoms with Gasteiger partial charge in [0.25, 0.3) is 0 Å². The summed E-state index contributed by atoms with van der Waals surface area (Å²) in [5.74, 6) is 0.653. The fraction of sp³-hybridized carbons (Fsp3) is 0.250. The van der Waals surface area contributed by atoms with E-state index in [9.17, 15) is 10.2 Å². The Morgan fingerprint density at radius 2 is 0.905 bits per heavy atom. The summed E-state index contributed by atoms with van der Waals surface area (Å²) in [4.78, 5) is 3.74. The first-order valence-corrected chi connectivity index (χ1v) is 6.34. The zero-order valence-corrected chi connectivity index (χ0v) is 15.4. The van der Waals surface area contributed by atoms with Crippen molar-refractivity contribution in [1.29, 1.82) is 0 Å². The Hall–Kier alpha value is -1.48. The van der Waals surface area contributed by atoms with Crippen molar-refractivity contribution < 1.29 is 36.4 Å². The van der Waals surface area contributed by atoms with Crippen LogP contribution in [0.2, 0.25) is 0 Å². The van der Waals surface area contributed by atoms with Crippen LogP contribution >= 0.6 is 0 Å². The van der Waals surface area contributed by atoms with E-state index in [2.05, 4.69) is 0 Å². The molecule has 0 radical (unpaired) electrons. The van der Waals surface area contributed by atoms with E-state index in [1.807, 2.05) is 74.4 Å². The summed E-state index contributed by atoms with van der Waals surface area (Å²) < 4.78 is 0. The second kappa shape index (κ2) is 9.46. The molecular formula is C16H22N2O2Zr. The van der Waals surface area contributed by atoms with E-state index >= 15 is 0 Å². The van der Waals surface area contributed by atoms with Crippen LogP contribution in [0, 0.1) is 0 Å². The number of hydrogen-bond donors (Lipinski definition) is 2. The molecule has 0 aliphatic carbocycles. The fourth-order valence-corrected chi connectivity index (χ4v) is 1.68. The van der Waals surface area contributed by atoms with Gasteiger partial charge in [0.2, 0.25) is 0 Å². The fourth-order valence-electron chi connectivity index (χ4n) is 1.68. The first kappa shape index (κ1) is 19.5. The molecule has 5 heteroatoms. The molecule has 0 amide bonds. The largest absolute Gasteiger partial charge is 0.506 e. The number of benzene rings is 2. The Bertz CT molecular complexity index is 496. The number of phenolic OH excluding ortho intramolecular Hbond substituents is 2. The van der Waals surface area contributed by atoms with Gasteiger partial charge in [-0.25, -0.2) is 0 Å². The summed E-state index contributed by atoms with van der Waals surface area (Å²) in [6.07, 6.45) is 0. The maximum absolute atomic E-state index is 9.24. The Labute approximate surface area is 145 Å². The average molecular weight is 366 g/mol. The minimum absolute atomic E-state index is 0. The maximum Gasteiger partial charge on any atom is 0.138 e. The van der Waals surface area contributed by atoms with Gasteiger partial charge in [0.1, 0.15) is 11.5 Å². The van der Waals surface area contributed by atoms with E-state index in [1.54, 1.807) is 12.1 Å². The van der Waals surface area contributed by atoms with Gasteiger partial charge in [-0.05, 0) is 24.3 Å². The molecule has 0 atom stereocenters. The van der Waals surface area contributed by atoms with Crippen molar-refractivity contribution in [3.8, 4) is 11.5 Å². The Balaban J connectivity index is 0.000000364. The maximum atomic E-state index is 9.24. The van der Waals surface area contributed by atoms with E-state index < -0.39 is 0 Å². The van der Waals surface area contributed by atoms with Gasteiger partial charge in [-0.1, -0.05) is 24.3 Å². The van der Waals surface area contributed by atoms with Crippen molar-refractivity contribution in [2.24, 2.45) is 0 Å². The molecule has 21 heavy (non-hydrogen) atoms. The van der Waals surface area contributed by atoms with Crippen molar-refractivity contribution in [3.05, 3.63) is 48.5 Å². The van der Waals surface area contributed by atoms with Crippen LogP contribution in [-0.2, 0) is 26.2 Å². The first-order chi connectivity index (χ1) is 9.43. The van der Waals surface area contributed by atoms with Gasteiger partial charge in [0.15, 0.2) is 0 Å². The molecule has 2 N–H and O–H groups in total. The van der Waals surface area contributed by atoms with Gasteiger partial charge < -0.3 is 20.0 Å². The molecule has 2 aromatic rings. The van der Waals surface area contributed by atoms with E-state index in [-0.39, 0.29) is 26.2 Å². The summed E-state index contributed by atoms with van der Waals surface area (Å²) in [6, 6.07) is 14.5. The molecule has 0 aliphatic rings. The van der Waals surface area contributed by atoms with E-state index in [0.29, 0.717) is 11.5 Å². The van der Waals surface area contributed by atoms with Gasteiger partial charge in [-0.2, -0.15) is 0 Å².